The monoisotopic (exact) mass is 346 g/mol. The fraction of sp³-hybridized carbons (Fsp3) is 0.667. The van der Waals surface area contributed by atoms with Crippen molar-refractivity contribution >= 4 is 11.8 Å². The molecule has 7 heteroatoms. The number of likely N-dealkylation sites (tertiary alicyclic amines) is 1. The second-order valence-electron chi connectivity index (χ2n) is 6.82. The SMILES string of the molecule is CC(=O)N1CCC(C(=O)NCc2ccnc([C@H]3CCCOC3)n2)CC1. The van der Waals surface area contributed by atoms with Gasteiger partial charge in [0.25, 0.3) is 0 Å². The van der Waals surface area contributed by atoms with E-state index in [1.807, 2.05) is 6.07 Å². The lowest BCUT2D eigenvalue weighted by Gasteiger charge is -2.30. The fourth-order valence-corrected chi connectivity index (χ4v) is 3.43. The number of aromatic nitrogens is 2. The van der Waals surface area contributed by atoms with Crippen LogP contribution in [0.4, 0.5) is 0 Å². The first-order valence-electron chi connectivity index (χ1n) is 9.06. The minimum absolute atomic E-state index is 0.0244. The number of hydrogen-bond donors (Lipinski definition) is 1. The van der Waals surface area contributed by atoms with Gasteiger partial charge in [-0.2, -0.15) is 0 Å². The van der Waals surface area contributed by atoms with Crippen LogP contribution in [0.15, 0.2) is 12.3 Å². The molecule has 2 aliphatic rings. The van der Waals surface area contributed by atoms with Crippen molar-refractivity contribution in [2.24, 2.45) is 5.92 Å². The number of carbonyl (C=O) groups is 2. The van der Waals surface area contributed by atoms with Crippen molar-refractivity contribution in [1.29, 1.82) is 0 Å². The van der Waals surface area contributed by atoms with E-state index >= 15 is 0 Å². The Morgan fingerprint density at radius 1 is 1.32 bits per heavy atom. The highest BCUT2D eigenvalue weighted by atomic mass is 16.5. The maximum atomic E-state index is 12.4. The molecule has 2 aliphatic heterocycles. The first-order valence-corrected chi connectivity index (χ1v) is 9.06. The number of carbonyl (C=O) groups excluding carboxylic acids is 2. The average molecular weight is 346 g/mol. The smallest absolute Gasteiger partial charge is 0.223 e. The van der Waals surface area contributed by atoms with E-state index in [4.69, 9.17) is 4.74 Å². The zero-order chi connectivity index (χ0) is 17.6. The van der Waals surface area contributed by atoms with Crippen molar-refractivity contribution in [3.05, 3.63) is 23.8 Å². The molecule has 0 radical (unpaired) electrons. The third kappa shape index (κ3) is 4.75. The van der Waals surface area contributed by atoms with Crippen molar-refractivity contribution in [2.45, 2.75) is 45.1 Å². The van der Waals surface area contributed by atoms with Crippen molar-refractivity contribution < 1.29 is 14.3 Å². The van der Waals surface area contributed by atoms with Crippen LogP contribution in [0.3, 0.4) is 0 Å². The predicted molar refractivity (Wildman–Crippen MR) is 91.7 cm³/mol. The minimum Gasteiger partial charge on any atom is -0.381 e. The molecule has 1 atom stereocenters. The molecule has 2 saturated heterocycles. The molecular formula is C18H26N4O3. The molecule has 0 aliphatic carbocycles. The minimum atomic E-state index is -0.0244. The summed E-state index contributed by atoms with van der Waals surface area (Å²) in [4.78, 5) is 34.5. The molecule has 25 heavy (non-hydrogen) atoms. The molecule has 0 aromatic carbocycles. The lowest BCUT2D eigenvalue weighted by Crippen LogP contribution is -2.42. The summed E-state index contributed by atoms with van der Waals surface area (Å²) in [7, 11) is 0. The van der Waals surface area contributed by atoms with Gasteiger partial charge < -0.3 is 15.0 Å². The number of ether oxygens (including phenoxy) is 1. The van der Waals surface area contributed by atoms with Crippen LogP contribution in [0.2, 0.25) is 0 Å². The lowest BCUT2D eigenvalue weighted by atomic mass is 9.96. The number of rotatable bonds is 4. The van der Waals surface area contributed by atoms with Gasteiger partial charge in [0.2, 0.25) is 11.8 Å². The Balaban J connectivity index is 1.50. The van der Waals surface area contributed by atoms with Gasteiger partial charge in [0.05, 0.1) is 18.8 Å². The van der Waals surface area contributed by atoms with Crippen molar-refractivity contribution in [3.8, 4) is 0 Å². The van der Waals surface area contributed by atoms with E-state index in [0.717, 1.165) is 43.8 Å². The third-order valence-electron chi connectivity index (χ3n) is 5.01. The highest BCUT2D eigenvalue weighted by Crippen LogP contribution is 2.22. The number of nitrogens with one attached hydrogen (secondary N) is 1. The van der Waals surface area contributed by atoms with Crippen LogP contribution < -0.4 is 5.32 Å². The quantitative estimate of drug-likeness (QED) is 0.887. The predicted octanol–water partition coefficient (Wildman–Crippen LogP) is 1.25. The molecule has 0 spiro atoms. The van der Waals surface area contributed by atoms with E-state index in [9.17, 15) is 9.59 Å². The summed E-state index contributed by atoms with van der Waals surface area (Å²) in [6.07, 6.45) is 5.28. The second kappa shape index (κ2) is 8.38. The first-order chi connectivity index (χ1) is 12.1. The Morgan fingerprint density at radius 3 is 2.80 bits per heavy atom. The Kier molecular flexibility index (Phi) is 5.96. The Labute approximate surface area is 148 Å². The van der Waals surface area contributed by atoms with Crippen molar-refractivity contribution in [3.63, 3.8) is 0 Å². The molecule has 1 aromatic heterocycles. The van der Waals surface area contributed by atoms with Crippen LogP contribution in [-0.4, -0.2) is 53.0 Å². The van der Waals surface area contributed by atoms with E-state index in [2.05, 4.69) is 15.3 Å². The number of hydrogen-bond acceptors (Lipinski definition) is 5. The van der Waals surface area contributed by atoms with Crippen LogP contribution in [0, 0.1) is 5.92 Å². The molecule has 3 rings (SSSR count). The number of amides is 2. The maximum absolute atomic E-state index is 12.4. The summed E-state index contributed by atoms with van der Waals surface area (Å²) in [6.45, 7) is 4.79. The van der Waals surface area contributed by atoms with Gasteiger partial charge in [0, 0.05) is 44.7 Å². The van der Waals surface area contributed by atoms with Gasteiger partial charge in [-0.25, -0.2) is 9.97 Å². The summed E-state index contributed by atoms with van der Waals surface area (Å²) in [6, 6.07) is 1.84. The van der Waals surface area contributed by atoms with Crippen molar-refractivity contribution in [1.82, 2.24) is 20.2 Å². The molecule has 0 bridgehead atoms. The van der Waals surface area contributed by atoms with E-state index in [1.165, 1.54) is 0 Å². The number of nitrogens with zero attached hydrogens (tertiary/aromatic N) is 3. The summed E-state index contributed by atoms with van der Waals surface area (Å²) >= 11 is 0. The molecule has 0 unspecified atom stereocenters. The average Bonchev–Trinajstić information content (AvgIpc) is 2.67. The van der Waals surface area contributed by atoms with Crippen molar-refractivity contribution in [2.75, 3.05) is 26.3 Å². The Bertz CT molecular complexity index is 608. The molecule has 2 fully saturated rings. The third-order valence-corrected chi connectivity index (χ3v) is 5.01. The second-order valence-corrected chi connectivity index (χ2v) is 6.82. The molecular weight excluding hydrogens is 320 g/mol. The summed E-state index contributed by atoms with van der Waals surface area (Å²) in [5, 5.41) is 2.98. The molecule has 2 amide bonds. The largest absolute Gasteiger partial charge is 0.381 e. The molecule has 0 saturated carbocycles. The highest BCUT2D eigenvalue weighted by Gasteiger charge is 2.26. The zero-order valence-corrected chi connectivity index (χ0v) is 14.7. The normalized spacial score (nSPS) is 21.8. The number of piperidine rings is 1. The zero-order valence-electron chi connectivity index (χ0n) is 14.7. The molecule has 7 nitrogen and oxygen atoms in total. The molecule has 1 N–H and O–H groups in total. The van der Waals surface area contributed by atoms with Gasteiger partial charge >= 0.3 is 0 Å². The summed E-state index contributed by atoms with van der Waals surface area (Å²) in [5.74, 6) is 1.16. The topological polar surface area (TPSA) is 84.4 Å². The lowest BCUT2D eigenvalue weighted by molar-refractivity contribution is -0.134. The van der Waals surface area contributed by atoms with E-state index in [1.54, 1.807) is 18.0 Å². The Hall–Kier alpha value is -2.02. The van der Waals surface area contributed by atoms with Crippen LogP contribution in [0.25, 0.3) is 0 Å². The first kappa shape index (κ1) is 17.8. The van der Waals surface area contributed by atoms with Crippen LogP contribution in [0.5, 0.6) is 0 Å². The molecule has 136 valence electrons. The summed E-state index contributed by atoms with van der Waals surface area (Å²) in [5.41, 5.74) is 0.824. The molecule has 1 aromatic rings. The fourth-order valence-electron chi connectivity index (χ4n) is 3.43. The van der Waals surface area contributed by atoms with E-state index in [-0.39, 0.29) is 23.7 Å². The summed E-state index contributed by atoms with van der Waals surface area (Å²) < 4.78 is 5.50. The van der Waals surface area contributed by atoms with Crippen LogP contribution in [-0.2, 0) is 20.9 Å². The van der Waals surface area contributed by atoms with Gasteiger partial charge in [-0.3, -0.25) is 9.59 Å². The van der Waals surface area contributed by atoms with Gasteiger partial charge in [0.15, 0.2) is 0 Å². The van der Waals surface area contributed by atoms with E-state index in [0.29, 0.717) is 26.2 Å². The standard InChI is InChI=1S/C18H26N4O3/c1-13(23)22-8-5-14(6-9-22)18(24)20-11-16-4-7-19-17(21-16)15-3-2-10-25-12-15/h4,7,14-15H,2-3,5-6,8-12H2,1H3,(H,20,24)/t15-/m0/s1. The Morgan fingerprint density at radius 2 is 2.12 bits per heavy atom. The molecule has 3 heterocycles. The van der Waals surface area contributed by atoms with Gasteiger partial charge in [0.1, 0.15) is 5.82 Å². The van der Waals surface area contributed by atoms with E-state index < -0.39 is 0 Å². The van der Waals surface area contributed by atoms with Gasteiger partial charge in [-0.1, -0.05) is 0 Å². The van der Waals surface area contributed by atoms with Gasteiger partial charge in [-0.05, 0) is 31.7 Å². The van der Waals surface area contributed by atoms with Crippen LogP contribution in [0.1, 0.15) is 50.0 Å². The maximum Gasteiger partial charge on any atom is 0.223 e. The van der Waals surface area contributed by atoms with Crippen LogP contribution >= 0.6 is 0 Å². The highest BCUT2D eigenvalue weighted by molar-refractivity contribution is 5.79. The van der Waals surface area contributed by atoms with Gasteiger partial charge in [-0.15, -0.1) is 0 Å².